The predicted octanol–water partition coefficient (Wildman–Crippen LogP) is 3.49. The number of anilines is 1. The van der Waals surface area contributed by atoms with Crippen molar-refractivity contribution in [3.05, 3.63) is 59.9 Å². The van der Waals surface area contributed by atoms with Gasteiger partial charge in [-0.05, 0) is 35.9 Å². The van der Waals surface area contributed by atoms with Crippen molar-refractivity contribution in [2.75, 3.05) is 19.5 Å². The third-order valence-electron chi connectivity index (χ3n) is 2.96. The first-order valence-electron chi connectivity index (χ1n) is 6.59. The second-order valence-electron chi connectivity index (χ2n) is 4.44. The van der Waals surface area contributed by atoms with Gasteiger partial charge in [-0.3, -0.25) is 4.79 Å². The van der Waals surface area contributed by atoms with Crippen LogP contribution in [-0.2, 0) is 4.79 Å². The van der Waals surface area contributed by atoms with E-state index in [1.807, 2.05) is 0 Å². The monoisotopic (exact) mass is 301 g/mol. The Hall–Kier alpha value is -2.82. The highest BCUT2D eigenvalue weighted by molar-refractivity contribution is 6.02. The Bertz CT molecular complexity index is 681. The molecule has 2 aromatic rings. The number of hydrogen-bond acceptors (Lipinski definition) is 3. The van der Waals surface area contributed by atoms with E-state index < -0.39 is 0 Å². The molecule has 0 aliphatic rings. The fourth-order valence-electron chi connectivity index (χ4n) is 1.82. The van der Waals surface area contributed by atoms with Crippen molar-refractivity contribution in [1.29, 1.82) is 0 Å². The Morgan fingerprint density at radius 1 is 1.09 bits per heavy atom. The summed E-state index contributed by atoms with van der Waals surface area (Å²) < 4.78 is 23.1. The Kier molecular flexibility index (Phi) is 5.14. The molecular formula is C17H16FNO3. The van der Waals surface area contributed by atoms with E-state index in [1.165, 1.54) is 25.3 Å². The second-order valence-corrected chi connectivity index (χ2v) is 4.44. The predicted molar refractivity (Wildman–Crippen MR) is 83.6 cm³/mol. The lowest BCUT2D eigenvalue weighted by Crippen LogP contribution is -2.08. The number of halogens is 1. The number of ether oxygens (including phenoxy) is 2. The van der Waals surface area contributed by atoms with Gasteiger partial charge in [-0.25, -0.2) is 4.39 Å². The molecule has 1 N–H and O–H groups in total. The first kappa shape index (κ1) is 15.6. The molecule has 0 aromatic heterocycles. The van der Waals surface area contributed by atoms with E-state index in [-0.39, 0.29) is 11.7 Å². The molecule has 114 valence electrons. The van der Waals surface area contributed by atoms with Crippen molar-refractivity contribution in [2.45, 2.75) is 0 Å². The van der Waals surface area contributed by atoms with E-state index in [0.717, 1.165) is 5.56 Å². The summed E-state index contributed by atoms with van der Waals surface area (Å²) in [4.78, 5) is 11.9. The van der Waals surface area contributed by atoms with Crippen LogP contribution in [0.1, 0.15) is 5.56 Å². The maximum absolute atomic E-state index is 12.8. The van der Waals surface area contributed by atoms with Crippen molar-refractivity contribution in [3.63, 3.8) is 0 Å². The van der Waals surface area contributed by atoms with E-state index >= 15 is 0 Å². The third kappa shape index (κ3) is 4.09. The molecule has 0 radical (unpaired) electrons. The van der Waals surface area contributed by atoms with Gasteiger partial charge in [-0.2, -0.15) is 0 Å². The Morgan fingerprint density at radius 3 is 2.45 bits per heavy atom. The molecule has 0 saturated carbocycles. The van der Waals surface area contributed by atoms with Gasteiger partial charge in [-0.15, -0.1) is 0 Å². The first-order valence-corrected chi connectivity index (χ1v) is 6.59. The molecule has 1 amide bonds. The number of methoxy groups -OCH3 is 2. The number of amides is 1. The van der Waals surface area contributed by atoms with Gasteiger partial charge in [0.25, 0.3) is 0 Å². The summed E-state index contributed by atoms with van der Waals surface area (Å²) in [6.45, 7) is 0. The molecule has 4 nitrogen and oxygen atoms in total. The molecule has 2 aromatic carbocycles. The van der Waals surface area contributed by atoms with Gasteiger partial charge < -0.3 is 14.8 Å². The quantitative estimate of drug-likeness (QED) is 0.860. The normalized spacial score (nSPS) is 10.5. The molecule has 22 heavy (non-hydrogen) atoms. The van der Waals surface area contributed by atoms with Gasteiger partial charge in [0.15, 0.2) is 0 Å². The van der Waals surface area contributed by atoms with Gasteiger partial charge in [0.2, 0.25) is 5.91 Å². The Labute approximate surface area is 128 Å². The molecule has 0 aliphatic carbocycles. The largest absolute Gasteiger partial charge is 0.497 e. The molecule has 0 heterocycles. The molecule has 0 aliphatic heterocycles. The second kappa shape index (κ2) is 7.26. The molecule has 0 spiro atoms. The average molecular weight is 301 g/mol. The lowest BCUT2D eigenvalue weighted by atomic mass is 10.2. The van der Waals surface area contributed by atoms with Crippen LogP contribution in [0.5, 0.6) is 11.5 Å². The molecule has 0 unspecified atom stereocenters. The minimum absolute atomic E-state index is 0.312. The standard InChI is InChI=1S/C17H16FNO3/c1-21-14-8-9-15(16(11-14)22-2)19-17(20)10-5-12-3-6-13(18)7-4-12/h3-11H,1-2H3,(H,19,20). The highest BCUT2D eigenvalue weighted by Crippen LogP contribution is 2.28. The minimum Gasteiger partial charge on any atom is -0.497 e. The molecular weight excluding hydrogens is 285 g/mol. The molecule has 0 atom stereocenters. The smallest absolute Gasteiger partial charge is 0.248 e. The SMILES string of the molecule is COc1ccc(NC(=O)C=Cc2ccc(F)cc2)c(OC)c1. The van der Waals surface area contributed by atoms with Gasteiger partial charge in [0, 0.05) is 12.1 Å². The summed E-state index contributed by atoms with van der Waals surface area (Å²) in [7, 11) is 3.07. The van der Waals surface area contributed by atoms with Crippen molar-refractivity contribution >= 4 is 17.7 Å². The van der Waals surface area contributed by atoms with Crippen LogP contribution in [0.25, 0.3) is 6.08 Å². The summed E-state index contributed by atoms with van der Waals surface area (Å²) in [5, 5.41) is 2.71. The van der Waals surface area contributed by atoms with Crippen LogP contribution in [0.4, 0.5) is 10.1 Å². The maximum atomic E-state index is 12.8. The number of hydrogen-bond donors (Lipinski definition) is 1. The van der Waals surface area contributed by atoms with Crippen molar-refractivity contribution in [2.24, 2.45) is 0 Å². The Morgan fingerprint density at radius 2 is 1.82 bits per heavy atom. The van der Waals surface area contributed by atoms with Crippen molar-refractivity contribution in [1.82, 2.24) is 0 Å². The van der Waals surface area contributed by atoms with E-state index in [0.29, 0.717) is 17.2 Å². The van der Waals surface area contributed by atoms with Crippen molar-refractivity contribution in [3.8, 4) is 11.5 Å². The Balaban J connectivity index is 2.07. The topological polar surface area (TPSA) is 47.6 Å². The van der Waals surface area contributed by atoms with Gasteiger partial charge >= 0.3 is 0 Å². The third-order valence-corrected chi connectivity index (χ3v) is 2.96. The van der Waals surface area contributed by atoms with Crippen LogP contribution >= 0.6 is 0 Å². The van der Waals surface area contributed by atoms with Crippen LogP contribution in [0.15, 0.2) is 48.5 Å². The lowest BCUT2D eigenvalue weighted by molar-refractivity contribution is -0.111. The van der Waals surface area contributed by atoms with Crippen LogP contribution in [0, 0.1) is 5.82 Å². The fraction of sp³-hybridized carbons (Fsp3) is 0.118. The van der Waals surface area contributed by atoms with Crippen LogP contribution in [0.2, 0.25) is 0 Å². The van der Waals surface area contributed by atoms with E-state index in [4.69, 9.17) is 9.47 Å². The van der Waals surface area contributed by atoms with Crippen molar-refractivity contribution < 1.29 is 18.7 Å². The average Bonchev–Trinajstić information content (AvgIpc) is 2.54. The minimum atomic E-state index is -0.315. The summed E-state index contributed by atoms with van der Waals surface area (Å²) >= 11 is 0. The highest BCUT2D eigenvalue weighted by atomic mass is 19.1. The van der Waals surface area contributed by atoms with Gasteiger partial charge in [0.05, 0.1) is 19.9 Å². The zero-order valence-electron chi connectivity index (χ0n) is 12.3. The maximum Gasteiger partial charge on any atom is 0.248 e. The first-order chi connectivity index (χ1) is 10.6. The van der Waals surface area contributed by atoms with Gasteiger partial charge in [-0.1, -0.05) is 12.1 Å². The zero-order chi connectivity index (χ0) is 15.9. The number of carbonyl (C=O) groups excluding carboxylic acids is 1. The van der Waals surface area contributed by atoms with Crippen LogP contribution < -0.4 is 14.8 Å². The zero-order valence-corrected chi connectivity index (χ0v) is 12.3. The van der Waals surface area contributed by atoms with Crippen LogP contribution in [0.3, 0.4) is 0 Å². The van der Waals surface area contributed by atoms with Crippen LogP contribution in [-0.4, -0.2) is 20.1 Å². The number of carbonyl (C=O) groups is 1. The lowest BCUT2D eigenvalue weighted by Gasteiger charge is -2.10. The molecule has 5 heteroatoms. The number of benzene rings is 2. The number of rotatable bonds is 5. The summed E-state index contributed by atoms with van der Waals surface area (Å²) in [6.07, 6.45) is 2.97. The fourth-order valence-corrected chi connectivity index (χ4v) is 1.82. The molecule has 0 bridgehead atoms. The molecule has 0 fully saturated rings. The van der Waals surface area contributed by atoms with E-state index in [1.54, 1.807) is 43.5 Å². The highest BCUT2D eigenvalue weighted by Gasteiger charge is 2.07. The van der Waals surface area contributed by atoms with Gasteiger partial charge in [0.1, 0.15) is 17.3 Å². The van der Waals surface area contributed by atoms with E-state index in [9.17, 15) is 9.18 Å². The summed E-state index contributed by atoms with van der Waals surface area (Å²) in [5.41, 5.74) is 1.27. The summed E-state index contributed by atoms with van der Waals surface area (Å²) in [6, 6.07) is 11.0. The summed E-state index contributed by atoms with van der Waals surface area (Å²) in [5.74, 6) is 0.511. The molecule has 2 rings (SSSR count). The molecule has 0 saturated heterocycles. The van der Waals surface area contributed by atoms with E-state index in [2.05, 4.69) is 5.32 Å². The number of nitrogens with one attached hydrogen (secondary N) is 1.